The Morgan fingerprint density at radius 1 is 1.48 bits per heavy atom. The number of rotatable bonds is 6. The Labute approximate surface area is 132 Å². The molecule has 1 N–H and O–H groups in total. The fraction of sp³-hybridized carbons (Fsp3) is 0.400. The Kier molecular flexibility index (Phi) is 5.36. The van der Waals surface area contributed by atoms with Crippen molar-refractivity contribution < 1.29 is 9.13 Å². The van der Waals surface area contributed by atoms with E-state index in [0.29, 0.717) is 11.3 Å². The summed E-state index contributed by atoms with van der Waals surface area (Å²) in [7, 11) is 3.42. The average molecular weight is 356 g/mol. The Morgan fingerprint density at radius 3 is 2.86 bits per heavy atom. The van der Waals surface area contributed by atoms with Crippen LogP contribution in [0.3, 0.4) is 0 Å². The van der Waals surface area contributed by atoms with E-state index in [0.717, 1.165) is 23.1 Å². The van der Waals surface area contributed by atoms with Gasteiger partial charge in [-0.3, -0.25) is 4.68 Å². The van der Waals surface area contributed by atoms with Crippen molar-refractivity contribution in [2.45, 2.75) is 19.4 Å². The minimum absolute atomic E-state index is 0.263. The van der Waals surface area contributed by atoms with Crippen LogP contribution < -0.4 is 10.1 Å². The highest BCUT2D eigenvalue weighted by Crippen LogP contribution is 2.34. The highest BCUT2D eigenvalue weighted by Gasteiger charge is 2.26. The molecule has 1 aromatic heterocycles. The average Bonchev–Trinajstić information content (AvgIpc) is 2.83. The number of aromatic nitrogens is 2. The van der Waals surface area contributed by atoms with E-state index in [1.807, 2.05) is 13.1 Å². The van der Waals surface area contributed by atoms with Crippen LogP contribution in [0.5, 0.6) is 5.75 Å². The van der Waals surface area contributed by atoms with Gasteiger partial charge in [0.25, 0.3) is 0 Å². The second kappa shape index (κ2) is 7.04. The molecule has 2 rings (SSSR count). The molecule has 2 aromatic rings. The lowest BCUT2D eigenvalue weighted by Gasteiger charge is -2.22. The molecule has 0 bridgehead atoms. The molecule has 0 radical (unpaired) electrons. The highest BCUT2D eigenvalue weighted by molar-refractivity contribution is 9.10. The van der Waals surface area contributed by atoms with Crippen molar-refractivity contribution in [3.8, 4) is 5.75 Å². The molecule has 1 heterocycles. The van der Waals surface area contributed by atoms with E-state index in [4.69, 9.17) is 4.74 Å². The summed E-state index contributed by atoms with van der Waals surface area (Å²) in [6.45, 7) is 2.83. The molecule has 0 fully saturated rings. The molecule has 0 spiro atoms. The third-order valence-electron chi connectivity index (χ3n) is 3.33. The summed E-state index contributed by atoms with van der Waals surface area (Å²) in [5, 5.41) is 7.59. The van der Waals surface area contributed by atoms with Gasteiger partial charge in [0, 0.05) is 17.1 Å². The SMILES string of the molecule is CCCNC(c1c(F)cccc1Br)c1c(OC)cnn1C. The van der Waals surface area contributed by atoms with Crippen molar-refractivity contribution in [1.82, 2.24) is 15.1 Å². The van der Waals surface area contributed by atoms with Crippen molar-refractivity contribution >= 4 is 15.9 Å². The second-order valence-corrected chi connectivity index (χ2v) is 5.60. The smallest absolute Gasteiger partial charge is 0.161 e. The van der Waals surface area contributed by atoms with Crippen LogP contribution in [0.15, 0.2) is 28.9 Å². The lowest BCUT2D eigenvalue weighted by molar-refractivity contribution is 0.399. The van der Waals surface area contributed by atoms with Gasteiger partial charge >= 0.3 is 0 Å². The molecule has 0 aliphatic heterocycles. The molecule has 1 unspecified atom stereocenters. The summed E-state index contributed by atoms with van der Waals surface area (Å²) in [6, 6.07) is 4.65. The van der Waals surface area contributed by atoms with E-state index in [1.54, 1.807) is 24.1 Å². The first-order valence-corrected chi connectivity index (χ1v) is 7.62. The van der Waals surface area contributed by atoms with E-state index in [9.17, 15) is 4.39 Å². The molecule has 0 saturated heterocycles. The Balaban J connectivity index is 2.55. The number of hydrogen-bond donors (Lipinski definition) is 1. The van der Waals surface area contributed by atoms with Crippen molar-refractivity contribution in [1.29, 1.82) is 0 Å². The van der Waals surface area contributed by atoms with Gasteiger partial charge in [-0.15, -0.1) is 0 Å². The lowest BCUT2D eigenvalue weighted by atomic mass is 10.0. The van der Waals surface area contributed by atoms with Gasteiger partial charge in [0.1, 0.15) is 11.5 Å². The molecule has 114 valence electrons. The van der Waals surface area contributed by atoms with Crippen LogP contribution in [0, 0.1) is 5.82 Å². The normalized spacial score (nSPS) is 12.4. The minimum Gasteiger partial charge on any atom is -0.493 e. The maximum Gasteiger partial charge on any atom is 0.161 e. The van der Waals surface area contributed by atoms with E-state index in [1.165, 1.54) is 6.07 Å². The van der Waals surface area contributed by atoms with Gasteiger partial charge in [0.15, 0.2) is 5.75 Å². The molecule has 1 aromatic carbocycles. The third kappa shape index (κ3) is 3.27. The summed E-state index contributed by atoms with van der Waals surface area (Å²) >= 11 is 3.45. The lowest BCUT2D eigenvalue weighted by Crippen LogP contribution is -2.27. The molecule has 1 atom stereocenters. The maximum absolute atomic E-state index is 14.3. The Bertz CT molecular complexity index is 595. The van der Waals surface area contributed by atoms with Crippen molar-refractivity contribution in [2.75, 3.05) is 13.7 Å². The summed E-state index contributed by atoms with van der Waals surface area (Å²) in [4.78, 5) is 0. The number of halogens is 2. The van der Waals surface area contributed by atoms with E-state index in [-0.39, 0.29) is 11.9 Å². The maximum atomic E-state index is 14.3. The predicted molar refractivity (Wildman–Crippen MR) is 84.0 cm³/mol. The summed E-state index contributed by atoms with van der Waals surface area (Å²) in [6.07, 6.45) is 2.59. The molecule has 0 amide bonds. The number of hydrogen-bond acceptors (Lipinski definition) is 3. The summed E-state index contributed by atoms with van der Waals surface area (Å²) in [5.41, 5.74) is 1.37. The minimum atomic E-state index is -0.331. The molecular formula is C15H19BrFN3O. The molecule has 0 aliphatic rings. The molecule has 21 heavy (non-hydrogen) atoms. The van der Waals surface area contributed by atoms with Crippen LogP contribution in [0.4, 0.5) is 4.39 Å². The van der Waals surface area contributed by atoms with Gasteiger partial charge in [-0.25, -0.2) is 4.39 Å². The number of benzene rings is 1. The van der Waals surface area contributed by atoms with Crippen LogP contribution in [0.25, 0.3) is 0 Å². The van der Waals surface area contributed by atoms with Crippen molar-refractivity contribution in [3.63, 3.8) is 0 Å². The van der Waals surface area contributed by atoms with Gasteiger partial charge in [-0.2, -0.15) is 5.10 Å². The first-order chi connectivity index (χ1) is 10.1. The fourth-order valence-corrected chi connectivity index (χ4v) is 2.89. The van der Waals surface area contributed by atoms with Crippen molar-refractivity contribution in [2.24, 2.45) is 7.05 Å². The second-order valence-electron chi connectivity index (χ2n) is 4.74. The Hall–Kier alpha value is -1.40. The largest absolute Gasteiger partial charge is 0.493 e. The fourth-order valence-electron chi connectivity index (χ4n) is 2.32. The number of ether oxygens (including phenoxy) is 1. The van der Waals surface area contributed by atoms with Gasteiger partial charge in [0.05, 0.1) is 19.3 Å². The molecule has 6 heteroatoms. The van der Waals surface area contributed by atoms with Crippen LogP contribution in [0.1, 0.15) is 30.6 Å². The van der Waals surface area contributed by atoms with Crippen LogP contribution in [0.2, 0.25) is 0 Å². The zero-order valence-electron chi connectivity index (χ0n) is 12.4. The first kappa shape index (κ1) is 16.0. The number of methoxy groups -OCH3 is 1. The van der Waals surface area contributed by atoms with Crippen LogP contribution in [-0.4, -0.2) is 23.4 Å². The third-order valence-corrected chi connectivity index (χ3v) is 4.02. The highest BCUT2D eigenvalue weighted by atomic mass is 79.9. The zero-order chi connectivity index (χ0) is 15.4. The Morgan fingerprint density at radius 2 is 2.24 bits per heavy atom. The molecule has 4 nitrogen and oxygen atoms in total. The predicted octanol–water partition coefficient (Wildman–Crippen LogP) is 3.42. The first-order valence-electron chi connectivity index (χ1n) is 6.83. The zero-order valence-corrected chi connectivity index (χ0v) is 13.9. The van der Waals surface area contributed by atoms with Crippen LogP contribution >= 0.6 is 15.9 Å². The van der Waals surface area contributed by atoms with Crippen LogP contribution in [-0.2, 0) is 7.05 Å². The summed E-state index contributed by atoms with van der Waals surface area (Å²) in [5.74, 6) is 0.377. The molecule has 0 saturated carbocycles. The van der Waals surface area contributed by atoms with Gasteiger partial charge in [0.2, 0.25) is 0 Å². The van der Waals surface area contributed by atoms with Gasteiger partial charge in [-0.05, 0) is 25.1 Å². The molecule has 0 aliphatic carbocycles. The number of nitrogens with zero attached hydrogens (tertiary/aromatic N) is 2. The number of nitrogens with one attached hydrogen (secondary N) is 1. The van der Waals surface area contributed by atoms with E-state index in [2.05, 4.69) is 33.3 Å². The van der Waals surface area contributed by atoms with E-state index >= 15 is 0 Å². The summed E-state index contributed by atoms with van der Waals surface area (Å²) < 4.78 is 22.1. The number of aryl methyl sites for hydroxylation is 1. The quantitative estimate of drug-likeness (QED) is 0.862. The topological polar surface area (TPSA) is 39.1 Å². The monoisotopic (exact) mass is 355 g/mol. The van der Waals surface area contributed by atoms with E-state index < -0.39 is 0 Å². The molecular weight excluding hydrogens is 337 g/mol. The van der Waals surface area contributed by atoms with Crippen molar-refractivity contribution in [3.05, 3.63) is 45.9 Å². The standard InChI is InChI=1S/C15H19BrFN3O/c1-4-8-18-14(13-10(16)6-5-7-11(13)17)15-12(21-3)9-19-20(15)2/h5-7,9,14,18H,4,8H2,1-3H3. The van der Waals surface area contributed by atoms with Gasteiger partial charge in [-0.1, -0.05) is 28.9 Å². The van der Waals surface area contributed by atoms with Gasteiger partial charge < -0.3 is 10.1 Å².